The molecule has 0 bridgehead atoms. The summed E-state index contributed by atoms with van der Waals surface area (Å²) in [7, 11) is 0. The first-order chi connectivity index (χ1) is 14.0. The zero-order valence-electron chi connectivity index (χ0n) is 16.0. The smallest absolute Gasteiger partial charge is 0.249 e. The fourth-order valence-corrected chi connectivity index (χ4v) is 4.54. The minimum atomic E-state index is -0.634. The van der Waals surface area contributed by atoms with Crippen LogP contribution in [0.5, 0.6) is 0 Å². The van der Waals surface area contributed by atoms with E-state index in [9.17, 15) is 9.59 Å². The number of nitrogens with one attached hydrogen (secondary N) is 2. The molecule has 0 saturated heterocycles. The number of thiophene rings is 1. The SMILES string of the molecule is CCC(C)C(NC(=O)Cc1cccs1)C(=O)Nc1nnc(-c2cccc(Br)c2)s1. The number of aromatic nitrogens is 2. The summed E-state index contributed by atoms with van der Waals surface area (Å²) >= 11 is 6.26. The van der Waals surface area contributed by atoms with Crippen molar-refractivity contribution < 1.29 is 9.59 Å². The zero-order chi connectivity index (χ0) is 20.8. The minimum Gasteiger partial charge on any atom is -0.344 e. The van der Waals surface area contributed by atoms with E-state index < -0.39 is 6.04 Å². The topological polar surface area (TPSA) is 84.0 Å². The first-order valence-corrected chi connectivity index (χ1v) is 11.7. The molecule has 29 heavy (non-hydrogen) atoms. The van der Waals surface area contributed by atoms with Gasteiger partial charge in [-0.25, -0.2) is 0 Å². The number of amides is 2. The van der Waals surface area contributed by atoms with E-state index in [1.165, 1.54) is 22.7 Å². The summed E-state index contributed by atoms with van der Waals surface area (Å²) in [6.45, 7) is 3.94. The van der Waals surface area contributed by atoms with Crippen molar-refractivity contribution in [1.29, 1.82) is 0 Å². The fraction of sp³-hybridized carbons (Fsp3) is 0.300. The number of rotatable bonds is 8. The molecular formula is C20H21BrN4O2S2. The van der Waals surface area contributed by atoms with Crippen molar-refractivity contribution in [2.45, 2.75) is 32.7 Å². The lowest BCUT2D eigenvalue weighted by atomic mass is 9.98. The van der Waals surface area contributed by atoms with Crippen LogP contribution in [0.25, 0.3) is 10.6 Å². The quantitative estimate of drug-likeness (QED) is 0.475. The maximum Gasteiger partial charge on any atom is 0.249 e. The number of carbonyl (C=O) groups excluding carboxylic acids is 2. The molecule has 0 aliphatic carbocycles. The first kappa shape index (κ1) is 21.6. The van der Waals surface area contributed by atoms with Gasteiger partial charge >= 0.3 is 0 Å². The number of halogens is 1. The van der Waals surface area contributed by atoms with Crippen molar-refractivity contribution in [1.82, 2.24) is 15.5 Å². The first-order valence-electron chi connectivity index (χ1n) is 9.18. The normalized spacial score (nSPS) is 12.9. The Morgan fingerprint density at radius 2 is 2.03 bits per heavy atom. The summed E-state index contributed by atoms with van der Waals surface area (Å²) in [6.07, 6.45) is 1.03. The second kappa shape index (κ2) is 10.1. The van der Waals surface area contributed by atoms with Gasteiger partial charge in [-0.2, -0.15) is 0 Å². The molecule has 0 saturated carbocycles. The van der Waals surface area contributed by atoms with Gasteiger partial charge in [-0.1, -0.05) is 65.7 Å². The molecule has 9 heteroatoms. The van der Waals surface area contributed by atoms with Gasteiger partial charge in [0.2, 0.25) is 16.9 Å². The van der Waals surface area contributed by atoms with Crippen molar-refractivity contribution in [3.63, 3.8) is 0 Å². The Hall–Kier alpha value is -2.10. The highest BCUT2D eigenvalue weighted by atomic mass is 79.9. The Labute approximate surface area is 185 Å². The van der Waals surface area contributed by atoms with Crippen LogP contribution < -0.4 is 10.6 Å². The van der Waals surface area contributed by atoms with Crippen molar-refractivity contribution in [3.8, 4) is 10.6 Å². The van der Waals surface area contributed by atoms with Gasteiger partial charge in [0.1, 0.15) is 11.0 Å². The van der Waals surface area contributed by atoms with Gasteiger partial charge in [0.15, 0.2) is 0 Å². The van der Waals surface area contributed by atoms with E-state index in [0.717, 1.165) is 21.3 Å². The molecule has 0 aliphatic rings. The van der Waals surface area contributed by atoms with Crippen molar-refractivity contribution in [2.75, 3.05) is 5.32 Å². The molecule has 2 heterocycles. The number of nitrogens with zero attached hydrogens (tertiary/aromatic N) is 2. The van der Waals surface area contributed by atoms with Gasteiger partial charge in [-0.05, 0) is 29.5 Å². The molecule has 2 unspecified atom stereocenters. The predicted octanol–water partition coefficient (Wildman–Crippen LogP) is 4.74. The van der Waals surface area contributed by atoms with Crippen LogP contribution >= 0.6 is 38.6 Å². The summed E-state index contributed by atoms with van der Waals surface area (Å²) in [4.78, 5) is 26.2. The van der Waals surface area contributed by atoms with Crippen LogP contribution in [0, 0.1) is 5.92 Å². The molecular weight excluding hydrogens is 472 g/mol. The third-order valence-corrected chi connectivity index (χ3v) is 6.71. The lowest BCUT2D eigenvalue weighted by molar-refractivity contribution is -0.127. The van der Waals surface area contributed by atoms with E-state index in [1.807, 2.05) is 55.6 Å². The molecule has 0 aliphatic heterocycles. The number of hydrogen-bond donors (Lipinski definition) is 2. The van der Waals surface area contributed by atoms with Gasteiger partial charge in [0.05, 0.1) is 6.42 Å². The summed E-state index contributed by atoms with van der Waals surface area (Å²) in [5, 5.41) is 17.0. The third-order valence-electron chi connectivity index (χ3n) is 4.45. The van der Waals surface area contributed by atoms with E-state index >= 15 is 0 Å². The van der Waals surface area contributed by atoms with Crippen LogP contribution in [-0.4, -0.2) is 28.1 Å². The van der Waals surface area contributed by atoms with Crippen LogP contribution in [0.1, 0.15) is 25.1 Å². The fourth-order valence-electron chi connectivity index (χ4n) is 2.69. The third kappa shape index (κ3) is 5.94. The highest BCUT2D eigenvalue weighted by molar-refractivity contribution is 9.10. The summed E-state index contributed by atoms with van der Waals surface area (Å²) < 4.78 is 0.945. The second-order valence-corrected chi connectivity index (χ2v) is 9.52. The molecule has 3 aromatic rings. The van der Waals surface area contributed by atoms with E-state index in [1.54, 1.807) is 0 Å². The summed E-state index contributed by atoms with van der Waals surface area (Å²) in [5.74, 6) is -0.462. The van der Waals surface area contributed by atoms with E-state index in [2.05, 4.69) is 36.8 Å². The Balaban J connectivity index is 1.67. The molecule has 152 valence electrons. The number of benzene rings is 1. The molecule has 0 radical (unpaired) electrons. The molecule has 6 nitrogen and oxygen atoms in total. The zero-order valence-corrected chi connectivity index (χ0v) is 19.2. The lowest BCUT2D eigenvalue weighted by Crippen LogP contribution is -2.48. The Kier molecular flexibility index (Phi) is 7.51. The maximum atomic E-state index is 12.9. The van der Waals surface area contributed by atoms with Crippen LogP contribution in [0.15, 0.2) is 46.3 Å². The largest absolute Gasteiger partial charge is 0.344 e. The summed E-state index contributed by atoms with van der Waals surface area (Å²) in [5.41, 5.74) is 0.917. The van der Waals surface area contributed by atoms with E-state index in [-0.39, 0.29) is 24.2 Å². The highest BCUT2D eigenvalue weighted by Gasteiger charge is 2.27. The number of carbonyl (C=O) groups is 2. The molecule has 2 aromatic heterocycles. The number of anilines is 1. The average Bonchev–Trinajstić information content (AvgIpc) is 3.37. The van der Waals surface area contributed by atoms with Crippen LogP contribution in [0.2, 0.25) is 0 Å². The van der Waals surface area contributed by atoms with Gasteiger partial charge in [0, 0.05) is 14.9 Å². The van der Waals surface area contributed by atoms with Crippen LogP contribution in [0.4, 0.5) is 5.13 Å². The van der Waals surface area contributed by atoms with E-state index in [4.69, 9.17) is 0 Å². The number of hydrogen-bond acceptors (Lipinski definition) is 6. The van der Waals surface area contributed by atoms with Gasteiger partial charge in [0.25, 0.3) is 0 Å². The molecule has 2 N–H and O–H groups in total. The Bertz CT molecular complexity index is 975. The van der Waals surface area contributed by atoms with Crippen LogP contribution in [-0.2, 0) is 16.0 Å². The van der Waals surface area contributed by atoms with Crippen molar-refractivity contribution >= 4 is 55.5 Å². The minimum absolute atomic E-state index is 0.0141. The van der Waals surface area contributed by atoms with Crippen molar-refractivity contribution in [2.24, 2.45) is 5.92 Å². The molecule has 1 aromatic carbocycles. The van der Waals surface area contributed by atoms with Gasteiger partial charge in [-0.3, -0.25) is 14.9 Å². The summed E-state index contributed by atoms with van der Waals surface area (Å²) in [6, 6.07) is 10.9. The second-order valence-electron chi connectivity index (χ2n) is 6.60. The standard InChI is InChI=1S/C20H21BrN4O2S2/c1-3-12(2)17(22-16(26)11-15-8-5-9-28-15)18(27)23-20-25-24-19(29-20)13-6-4-7-14(21)10-13/h4-10,12,17H,3,11H2,1-2H3,(H,22,26)(H,23,25,27). The molecule has 3 rings (SSSR count). The predicted molar refractivity (Wildman–Crippen MR) is 121 cm³/mol. The molecule has 0 fully saturated rings. The average molecular weight is 493 g/mol. The van der Waals surface area contributed by atoms with Gasteiger partial charge in [-0.15, -0.1) is 21.5 Å². The molecule has 0 spiro atoms. The van der Waals surface area contributed by atoms with E-state index in [0.29, 0.717) is 10.1 Å². The lowest BCUT2D eigenvalue weighted by Gasteiger charge is -2.22. The Morgan fingerprint density at radius 3 is 2.72 bits per heavy atom. The van der Waals surface area contributed by atoms with Crippen molar-refractivity contribution in [3.05, 3.63) is 51.1 Å². The van der Waals surface area contributed by atoms with Crippen LogP contribution in [0.3, 0.4) is 0 Å². The van der Waals surface area contributed by atoms with Gasteiger partial charge < -0.3 is 5.32 Å². The monoisotopic (exact) mass is 492 g/mol. The highest BCUT2D eigenvalue weighted by Crippen LogP contribution is 2.28. The molecule has 2 amide bonds. The Morgan fingerprint density at radius 1 is 1.21 bits per heavy atom. The molecule has 2 atom stereocenters. The maximum absolute atomic E-state index is 12.9.